The van der Waals surface area contributed by atoms with Crippen LogP contribution in [0.15, 0.2) is 24.3 Å². The van der Waals surface area contributed by atoms with Gasteiger partial charge in [-0.3, -0.25) is 9.59 Å². The van der Waals surface area contributed by atoms with Gasteiger partial charge in [0, 0.05) is 12.8 Å². The molecule has 0 spiro atoms. The van der Waals surface area contributed by atoms with Crippen molar-refractivity contribution in [3.8, 4) is 0 Å². The first-order chi connectivity index (χ1) is 37.0. The summed E-state index contributed by atoms with van der Waals surface area (Å²) in [6, 6.07) is -0.549. The maximum Gasteiger partial charge on any atom is 0.305 e. The molecule has 0 heterocycles. The van der Waals surface area contributed by atoms with Crippen LogP contribution in [0, 0.1) is 0 Å². The average molecular weight is 1060 g/mol. The van der Waals surface area contributed by atoms with Gasteiger partial charge in [-0.05, 0) is 57.8 Å². The summed E-state index contributed by atoms with van der Waals surface area (Å²) in [5, 5.41) is 23.3. The lowest BCUT2D eigenvalue weighted by Gasteiger charge is -2.22. The Morgan fingerprint density at radius 3 is 1.01 bits per heavy atom. The van der Waals surface area contributed by atoms with Crippen LogP contribution in [0.5, 0.6) is 0 Å². The van der Waals surface area contributed by atoms with Gasteiger partial charge in [-0.15, -0.1) is 0 Å². The van der Waals surface area contributed by atoms with Crippen LogP contribution < -0.4 is 5.32 Å². The van der Waals surface area contributed by atoms with Crippen LogP contribution in [0.4, 0.5) is 0 Å². The Balaban J connectivity index is 3.41. The summed E-state index contributed by atoms with van der Waals surface area (Å²) in [7, 11) is 0. The molecular formula is C69H133NO5. The zero-order valence-electron chi connectivity index (χ0n) is 50.8. The number of esters is 1. The van der Waals surface area contributed by atoms with Crippen LogP contribution in [0.25, 0.3) is 0 Å². The Morgan fingerprint density at radius 1 is 0.373 bits per heavy atom. The largest absolute Gasteiger partial charge is 0.466 e. The summed E-state index contributed by atoms with van der Waals surface area (Å²) in [5.41, 5.74) is 0. The zero-order chi connectivity index (χ0) is 54.3. The fourth-order valence-electron chi connectivity index (χ4n) is 10.8. The lowest BCUT2D eigenvalue weighted by atomic mass is 10.0. The Bertz CT molecular complexity index is 1170. The van der Waals surface area contributed by atoms with Crippen LogP contribution >= 0.6 is 0 Å². The number of aliphatic hydroxyl groups excluding tert-OH is 2. The number of allylic oxidation sites excluding steroid dienone is 4. The van der Waals surface area contributed by atoms with Gasteiger partial charge in [-0.1, -0.05) is 334 Å². The molecule has 0 aliphatic rings. The monoisotopic (exact) mass is 1060 g/mol. The molecule has 0 aliphatic carbocycles. The van der Waals surface area contributed by atoms with Gasteiger partial charge in [0.15, 0.2) is 0 Å². The molecule has 1 amide bonds. The van der Waals surface area contributed by atoms with Crippen molar-refractivity contribution in [1.29, 1.82) is 0 Å². The van der Waals surface area contributed by atoms with E-state index in [1.165, 1.54) is 302 Å². The lowest BCUT2D eigenvalue weighted by molar-refractivity contribution is -0.143. The molecule has 0 aromatic heterocycles. The highest BCUT2D eigenvalue weighted by atomic mass is 16.5. The third kappa shape index (κ3) is 61.4. The van der Waals surface area contributed by atoms with E-state index in [-0.39, 0.29) is 18.5 Å². The van der Waals surface area contributed by atoms with E-state index >= 15 is 0 Å². The minimum absolute atomic E-state index is 0.0126. The number of nitrogens with one attached hydrogen (secondary N) is 1. The number of amides is 1. The second-order valence-electron chi connectivity index (χ2n) is 23.5. The molecule has 0 aromatic rings. The van der Waals surface area contributed by atoms with Crippen molar-refractivity contribution < 1.29 is 24.5 Å². The van der Waals surface area contributed by atoms with Gasteiger partial charge >= 0.3 is 5.97 Å². The quantitative estimate of drug-likeness (QED) is 0.0320. The molecule has 6 nitrogen and oxygen atoms in total. The smallest absolute Gasteiger partial charge is 0.305 e. The van der Waals surface area contributed by atoms with E-state index in [0.717, 1.165) is 44.9 Å². The van der Waals surface area contributed by atoms with Crippen LogP contribution in [0.1, 0.15) is 380 Å². The molecule has 0 aromatic carbocycles. The number of carbonyl (C=O) groups is 2. The Morgan fingerprint density at radius 2 is 0.667 bits per heavy atom. The van der Waals surface area contributed by atoms with E-state index in [4.69, 9.17) is 4.74 Å². The van der Waals surface area contributed by atoms with Gasteiger partial charge in [-0.2, -0.15) is 0 Å². The van der Waals surface area contributed by atoms with Crippen molar-refractivity contribution in [2.24, 2.45) is 0 Å². The molecule has 0 radical (unpaired) electrons. The summed E-state index contributed by atoms with van der Waals surface area (Å²) >= 11 is 0. The van der Waals surface area contributed by atoms with Crippen molar-refractivity contribution in [3.63, 3.8) is 0 Å². The lowest BCUT2D eigenvalue weighted by Crippen LogP contribution is -2.45. The van der Waals surface area contributed by atoms with Crippen molar-refractivity contribution in [2.75, 3.05) is 13.2 Å². The van der Waals surface area contributed by atoms with Crippen molar-refractivity contribution >= 4 is 11.9 Å². The van der Waals surface area contributed by atoms with Crippen LogP contribution in [0.2, 0.25) is 0 Å². The molecule has 75 heavy (non-hydrogen) atoms. The van der Waals surface area contributed by atoms with Gasteiger partial charge in [0.2, 0.25) is 5.91 Å². The van der Waals surface area contributed by atoms with Crippen molar-refractivity contribution in [3.05, 3.63) is 24.3 Å². The molecular weight excluding hydrogens is 923 g/mol. The van der Waals surface area contributed by atoms with Gasteiger partial charge in [-0.25, -0.2) is 0 Å². The van der Waals surface area contributed by atoms with Gasteiger partial charge in [0.1, 0.15) is 0 Å². The molecule has 0 bridgehead atoms. The standard InChI is InChI=1S/C69H133NO5/c1-3-5-7-9-11-13-15-17-19-21-27-31-35-39-43-47-51-55-59-63-69(74)75-64-60-56-52-48-44-40-36-32-29-26-24-22-23-25-28-30-34-38-42-46-50-54-58-62-68(73)70-66(65-71)67(72)61-57-53-49-45-41-37-33-20-18-16-14-12-10-8-6-4-2/h22,24-25,28,66-67,71-72H,3-21,23,26-27,29-65H2,1-2H3,(H,70,73)/b24-22-,28-25-. The molecule has 0 aliphatic heterocycles. The molecule has 444 valence electrons. The molecule has 0 saturated carbocycles. The van der Waals surface area contributed by atoms with E-state index in [2.05, 4.69) is 43.5 Å². The second-order valence-corrected chi connectivity index (χ2v) is 23.5. The zero-order valence-corrected chi connectivity index (χ0v) is 50.8. The fraction of sp³-hybridized carbons (Fsp3) is 0.913. The molecule has 0 saturated heterocycles. The highest BCUT2D eigenvalue weighted by Gasteiger charge is 2.20. The predicted octanol–water partition coefficient (Wildman–Crippen LogP) is 21.8. The summed E-state index contributed by atoms with van der Waals surface area (Å²) in [6.45, 7) is 4.98. The summed E-state index contributed by atoms with van der Waals surface area (Å²) < 4.78 is 5.50. The van der Waals surface area contributed by atoms with E-state index in [9.17, 15) is 19.8 Å². The van der Waals surface area contributed by atoms with Crippen LogP contribution in [-0.4, -0.2) is 47.4 Å². The number of rotatable bonds is 64. The molecule has 2 unspecified atom stereocenters. The number of hydrogen-bond acceptors (Lipinski definition) is 5. The second kappa shape index (κ2) is 64.9. The first-order valence-electron chi connectivity index (χ1n) is 34.1. The Kier molecular flexibility index (Phi) is 63.4. The molecule has 3 N–H and O–H groups in total. The van der Waals surface area contributed by atoms with Gasteiger partial charge in [0.05, 0.1) is 25.4 Å². The topological polar surface area (TPSA) is 95.9 Å². The van der Waals surface area contributed by atoms with E-state index in [1.807, 2.05) is 0 Å². The normalized spacial score (nSPS) is 12.6. The molecule has 0 fully saturated rings. The van der Waals surface area contributed by atoms with Crippen molar-refractivity contribution in [1.82, 2.24) is 5.32 Å². The number of ether oxygens (including phenoxy) is 1. The van der Waals surface area contributed by atoms with Crippen molar-refractivity contribution in [2.45, 2.75) is 392 Å². The van der Waals surface area contributed by atoms with E-state index in [0.29, 0.717) is 25.9 Å². The number of unbranched alkanes of at least 4 members (excludes halogenated alkanes) is 49. The molecule has 6 heteroatoms. The summed E-state index contributed by atoms with van der Waals surface area (Å²) in [6.07, 6.45) is 80.7. The highest BCUT2D eigenvalue weighted by Crippen LogP contribution is 2.18. The van der Waals surface area contributed by atoms with E-state index in [1.54, 1.807) is 0 Å². The van der Waals surface area contributed by atoms with E-state index < -0.39 is 12.1 Å². The number of aliphatic hydroxyl groups is 2. The molecule has 0 rings (SSSR count). The summed E-state index contributed by atoms with van der Waals surface area (Å²) in [5.74, 6) is -0.0301. The Labute approximate surface area is 469 Å². The first kappa shape index (κ1) is 73.3. The SMILES string of the molecule is CCCCCCCCCCCCCCCCCCCCCC(=O)OCCCCCCCCCCC/C=C\C/C=C\CCCCCCCCCC(=O)NC(CO)C(O)CCCCCCCCCCCCCCCCCC. The molecule has 2 atom stereocenters. The minimum atomic E-state index is -0.671. The Hall–Kier alpha value is -1.66. The first-order valence-corrected chi connectivity index (χ1v) is 34.1. The van der Waals surface area contributed by atoms with Crippen LogP contribution in [0.3, 0.4) is 0 Å². The summed E-state index contributed by atoms with van der Waals surface area (Å²) in [4.78, 5) is 24.6. The average Bonchev–Trinajstić information content (AvgIpc) is 3.41. The number of carbonyl (C=O) groups excluding carboxylic acids is 2. The fourth-order valence-corrected chi connectivity index (χ4v) is 10.8. The maximum atomic E-state index is 12.5. The highest BCUT2D eigenvalue weighted by molar-refractivity contribution is 5.76. The third-order valence-corrected chi connectivity index (χ3v) is 16.0. The number of hydrogen-bond donors (Lipinski definition) is 3. The third-order valence-electron chi connectivity index (χ3n) is 16.0. The maximum absolute atomic E-state index is 12.5. The van der Waals surface area contributed by atoms with Crippen LogP contribution in [-0.2, 0) is 14.3 Å². The minimum Gasteiger partial charge on any atom is -0.466 e. The predicted molar refractivity (Wildman–Crippen MR) is 329 cm³/mol. The van der Waals surface area contributed by atoms with Gasteiger partial charge in [0.25, 0.3) is 0 Å². The van der Waals surface area contributed by atoms with Gasteiger partial charge < -0.3 is 20.3 Å².